The monoisotopic (exact) mass is 239 g/mol. The molecule has 1 aromatic rings. The summed E-state index contributed by atoms with van der Waals surface area (Å²) in [6.07, 6.45) is 1.14. The molecule has 1 amide bonds. The molecule has 1 atom stereocenters. The van der Waals surface area contributed by atoms with Crippen LogP contribution in [0.25, 0.3) is 0 Å². The van der Waals surface area contributed by atoms with Gasteiger partial charge in [0.1, 0.15) is 0 Å². The fourth-order valence-electron chi connectivity index (χ4n) is 1.45. The molecule has 0 saturated carbocycles. The van der Waals surface area contributed by atoms with E-state index in [1.165, 1.54) is 9.78 Å². The second kappa shape index (κ2) is 6.53. The van der Waals surface area contributed by atoms with Gasteiger partial charge in [0.25, 0.3) is 0 Å². The van der Waals surface area contributed by atoms with E-state index < -0.39 is 6.09 Å². The minimum atomic E-state index is -0.453. The van der Waals surface area contributed by atoms with Crippen LogP contribution in [-0.4, -0.2) is 23.6 Å². The van der Waals surface area contributed by atoms with E-state index in [0.29, 0.717) is 6.61 Å². The van der Waals surface area contributed by atoms with Crippen molar-refractivity contribution in [1.29, 1.82) is 0 Å². The lowest BCUT2D eigenvalue weighted by molar-refractivity contribution is 0.107. The summed E-state index contributed by atoms with van der Waals surface area (Å²) in [5.41, 5.74) is 0. The highest BCUT2D eigenvalue weighted by Crippen LogP contribution is 2.16. The van der Waals surface area contributed by atoms with Gasteiger partial charge in [-0.3, -0.25) is 4.90 Å². The molecule has 0 aliphatic rings. The molecule has 1 rings (SSSR count). The number of nitrogens with zero attached hydrogens (tertiary/aromatic N) is 1. The lowest BCUT2D eigenvalue weighted by Crippen LogP contribution is -2.36. The Morgan fingerprint density at radius 2 is 2.38 bits per heavy atom. The summed E-state index contributed by atoms with van der Waals surface area (Å²) < 4.78 is 4.87. The summed E-state index contributed by atoms with van der Waals surface area (Å²) in [5.74, 6) is 0. The van der Waals surface area contributed by atoms with Crippen LogP contribution in [0.2, 0.25) is 0 Å². The third kappa shape index (κ3) is 3.52. The van der Waals surface area contributed by atoms with Crippen LogP contribution in [0, 0.1) is 7.05 Å². The number of amides is 1. The van der Waals surface area contributed by atoms with Crippen molar-refractivity contribution >= 4 is 17.4 Å². The van der Waals surface area contributed by atoms with E-state index >= 15 is 0 Å². The number of ether oxygens (including phenoxy) is 1. The van der Waals surface area contributed by atoms with E-state index in [1.54, 1.807) is 18.3 Å². The molecule has 0 aliphatic heterocycles. The molecule has 0 fully saturated rings. The molecule has 88 valence electrons. The first kappa shape index (κ1) is 13.0. The first-order valence-electron chi connectivity index (χ1n) is 5.42. The average Bonchev–Trinajstić information content (AvgIpc) is 2.78. The number of carbonyl (C=O) groups excluding carboxylic acids is 1. The number of thiophene rings is 1. The second-order valence-corrected chi connectivity index (χ2v) is 4.48. The van der Waals surface area contributed by atoms with Crippen LogP contribution in [-0.2, 0) is 11.2 Å². The van der Waals surface area contributed by atoms with Crippen molar-refractivity contribution in [1.82, 2.24) is 4.90 Å². The first-order valence-corrected chi connectivity index (χ1v) is 6.30. The Morgan fingerprint density at radius 1 is 1.62 bits per heavy atom. The summed E-state index contributed by atoms with van der Waals surface area (Å²) in [6.45, 7) is 4.13. The lowest BCUT2D eigenvalue weighted by atomic mass is 10.1. The van der Waals surface area contributed by atoms with E-state index in [1.807, 2.05) is 24.4 Å². The number of carbonyl (C=O) groups is 1. The van der Waals surface area contributed by atoms with Crippen molar-refractivity contribution in [2.45, 2.75) is 32.7 Å². The Kier molecular flexibility index (Phi) is 5.32. The Bertz CT molecular complexity index is 311. The summed E-state index contributed by atoms with van der Waals surface area (Å²) in [7, 11) is 5.74. The van der Waals surface area contributed by atoms with Crippen molar-refractivity contribution in [3.8, 4) is 0 Å². The van der Waals surface area contributed by atoms with Gasteiger partial charge in [0.15, 0.2) is 0 Å². The van der Waals surface area contributed by atoms with Gasteiger partial charge in [0.05, 0.1) is 13.7 Å². The minimum absolute atomic E-state index is 0.00213. The maximum atomic E-state index is 11.5. The van der Waals surface area contributed by atoms with Gasteiger partial charge >= 0.3 is 6.09 Å². The van der Waals surface area contributed by atoms with Gasteiger partial charge in [0, 0.05) is 17.3 Å². The highest BCUT2D eigenvalue weighted by molar-refractivity contribution is 7.09. The Morgan fingerprint density at radius 3 is 2.88 bits per heavy atom. The third-order valence-electron chi connectivity index (χ3n) is 2.36. The zero-order chi connectivity index (χ0) is 12.0. The molecular weight excluding hydrogens is 222 g/mol. The van der Waals surface area contributed by atoms with Crippen LogP contribution in [0.1, 0.15) is 25.1 Å². The molecule has 16 heavy (non-hydrogen) atoms. The molecule has 0 bridgehead atoms. The number of rotatable bonds is 5. The summed E-state index contributed by atoms with van der Waals surface area (Å²) >= 11 is 1.67. The number of hydrogen-bond donors (Lipinski definition) is 0. The van der Waals surface area contributed by atoms with Gasteiger partial charge in [-0.1, -0.05) is 13.0 Å². The van der Waals surface area contributed by atoms with E-state index in [9.17, 15) is 4.79 Å². The molecule has 0 spiro atoms. The maximum Gasteiger partial charge on any atom is 0.410 e. The van der Waals surface area contributed by atoms with Gasteiger partial charge in [-0.05, 0) is 24.8 Å². The predicted molar refractivity (Wildman–Crippen MR) is 65.3 cm³/mol. The SMILES string of the molecule is [CH]N(C(=O)OCC)C(CC)Cc1cccs1. The average molecular weight is 239 g/mol. The molecule has 3 nitrogen and oxygen atoms in total. The highest BCUT2D eigenvalue weighted by atomic mass is 32.1. The zero-order valence-corrected chi connectivity index (χ0v) is 10.5. The van der Waals surface area contributed by atoms with Crippen LogP contribution < -0.4 is 0 Å². The van der Waals surface area contributed by atoms with E-state index in [0.717, 1.165) is 12.8 Å². The molecular formula is C12H17NO2S. The minimum Gasteiger partial charge on any atom is -0.450 e. The van der Waals surface area contributed by atoms with Gasteiger partial charge in [0.2, 0.25) is 0 Å². The van der Waals surface area contributed by atoms with Crippen molar-refractivity contribution in [2.75, 3.05) is 6.61 Å². The summed E-state index contributed by atoms with van der Waals surface area (Å²) in [6, 6.07) is 4.04. The fourth-order valence-corrected chi connectivity index (χ4v) is 2.23. The van der Waals surface area contributed by atoms with Crippen LogP contribution in [0.15, 0.2) is 17.5 Å². The summed E-state index contributed by atoms with van der Waals surface area (Å²) in [4.78, 5) is 13.9. The van der Waals surface area contributed by atoms with Crippen molar-refractivity contribution in [3.63, 3.8) is 0 Å². The Labute approximate surface area is 101 Å². The van der Waals surface area contributed by atoms with Crippen LogP contribution in [0.5, 0.6) is 0 Å². The molecule has 0 aliphatic carbocycles. The van der Waals surface area contributed by atoms with Gasteiger partial charge < -0.3 is 4.74 Å². The highest BCUT2D eigenvalue weighted by Gasteiger charge is 2.20. The molecule has 4 heteroatoms. The van der Waals surface area contributed by atoms with E-state index in [-0.39, 0.29) is 6.04 Å². The van der Waals surface area contributed by atoms with Crippen molar-refractivity contribution in [2.24, 2.45) is 0 Å². The van der Waals surface area contributed by atoms with E-state index in [4.69, 9.17) is 11.8 Å². The molecule has 2 radical (unpaired) electrons. The van der Waals surface area contributed by atoms with Gasteiger partial charge in [-0.2, -0.15) is 0 Å². The number of hydrogen-bond acceptors (Lipinski definition) is 3. The normalized spacial score (nSPS) is 12.2. The molecule has 0 aromatic carbocycles. The van der Waals surface area contributed by atoms with Gasteiger partial charge in [-0.15, -0.1) is 11.3 Å². The quantitative estimate of drug-likeness (QED) is 0.738. The largest absolute Gasteiger partial charge is 0.450 e. The second-order valence-electron chi connectivity index (χ2n) is 3.45. The molecule has 0 N–H and O–H groups in total. The van der Waals surface area contributed by atoms with Gasteiger partial charge in [-0.25, -0.2) is 4.79 Å². The summed E-state index contributed by atoms with van der Waals surface area (Å²) in [5, 5.41) is 2.02. The molecule has 1 aromatic heterocycles. The Balaban J connectivity index is 2.56. The first-order chi connectivity index (χ1) is 7.69. The molecule has 0 saturated heterocycles. The van der Waals surface area contributed by atoms with Crippen LogP contribution in [0.4, 0.5) is 4.79 Å². The molecule has 1 heterocycles. The third-order valence-corrected chi connectivity index (χ3v) is 3.26. The van der Waals surface area contributed by atoms with Crippen LogP contribution in [0.3, 0.4) is 0 Å². The zero-order valence-electron chi connectivity index (χ0n) is 9.68. The predicted octanol–water partition coefficient (Wildman–Crippen LogP) is 3.20. The standard InChI is InChI=1S/C12H17NO2S/c1-4-10(9-11-7-6-8-16-11)13(3)12(14)15-5-2/h3,6-8,10H,4-5,9H2,1-2H3. The topological polar surface area (TPSA) is 29.5 Å². The van der Waals surface area contributed by atoms with Crippen LogP contribution >= 0.6 is 11.3 Å². The molecule has 1 unspecified atom stereocenters. The lowest BCUT2D eigenvalue weighted by Gasteiger charge is -2.25. The fraction of sp³-hybridized carbons (Fsp3) is 0.500. The Hall–Kier alpha value is -1.03. The maximum absolute atomic E-state index is 11.5. The smallest absolute Gasteiger partial charge is 0.410 e. The van der Waals surface area contributed by atoms with Crippen molar-refractivity contribution < 1.29 is 9.53 Å². The van der Waals surface area contributed by atoms with Crippen molar-refractivity contribution in [3.05, 3.63) is 29.4 Å². The van der Waals surface area contributed by atoms with E-state index in [2.05, 4.69) is 0 Å².